The number of nitrogens with zero attached hydrogens (tertiary/aromatic N) is 1. The summed E-state index contributed by atoms with van der Waals surface area (Å²) in [7, 11) is 0. The third kappa shape index (κ3) is 2.69. The lowest BCUT2D eigenvalue weighted by atomic mass is 10.1. The first kappa shape index (κ1) is 13.1. The highest BCUT2D eigenvalue weighted by Gasteiger charge is 2.15. The lowest BCUT2D eigenvalue weighted by Crippen LogP contribution is -2.05. The van der Waals surface area contributed by atoms with Crippen LogP contribution in [0.3, 0.4) is 0 Å². The smallest absolute Gasteiger partial charge is 0.341 e. The Morgan fingerprint density at radius 2 is 1.76 bits per heavy atom. The quantitative estimate of drug-likeness (QED) is 0.794. The maximum absolute atomic E-state index is 11.4. The monoisotopic (exact) mass is 279 g/mol. The Bertz CT molecular complexity index is 784. The third-order valence-electron chi connectivity index (χ3n) is 3.18. The van der Waals surface area contributed by atoms with Gasteiger partial charge in [0.25, 0.3) is 0 Å². The molecule has 1 heterocycles. The molecule has 0 bridgehead atoms. The van der Waals surface area contributed by atoms with Gasteiger partial charge in [-0.3, -0.25) is 4.98 Å². The standard InChI is InChI=1S/C17H13NO3/c19-17(20)14-10-18-15-9-5-4-8-13(15)16(14)21-11-12-6-2-1-3-7-12/h1-10H,11H2,(H,19,20). The van der Waals surface area contributed by atoms with Crippen molar-refractivity contribution in [3.8, 4) is 5.75 Å². The van der Waals surface area contributed by atoms with Crippen LogP contribution >= 0.6 is 0 Å². The Labute approximate surface area is 121 Å². The fourth-order valence-corrected chi connectivity index (χ4v) is 2.15. The first-order valence-electron chi connectivity index (χ1n) is 6.53. The Morgan fingerprint density at radius 3 is 2.52 bits per heavy atom. The molecule has 0 fully saturated rings. The molecule has 3 rings (SSSR count). The topological polar surface area (TPSA) is 59.4 Å². The molecule has 1 N–H and O–H groups in total. The minimum Gasteiger partial charge on any atom is -0.487 e. The van der Waals surface area contributed by atoms with E-state index < -0.39 is 5.97 Å². The molecule has 104 valence electrons. The number of para-hydroxylation sites is 1. The summed E-state index contributed by atoms with van der Waals surface area (Å²) < 4.78 is 5.78. The van der Waals surface area contributed by atoms with E-state index in [4.69, 9.17) is 4.74 Å². The molecular formula is C17H13NO3. The van der Waals surface area contributed by atoms with Crippen molar-refractivity contribution in [3.05, 3.63) is 71.9 Å². The maximum Gasteiger partial charge on any atom is 0.341 e. The molecule has 0 amide bonds. The van der Waals surface area contributed by atoms with Crippen LogP contribution in [-0.4, -0.2) is 16.1 Å². The van der Waals surface area contributed by atoms with Crippen LogP contribution in [0.2, 0.25) is 0 Å². The number of rotatable bonds is 4. The summed E-state index contributed by atoms with van der Waals surface area (Å²) in [5, 5.41) is 10.0. The van der Waals surface area contributed by atoms with Crippen molar-refractivity contribution in [1.82, 2.24) is 4.98 Å². The molecule has 4 heteroatoms. The van der Waals surface area contributed by atoms with Crippen molar-refractivity contribution in [3.63, 3.8) is 0 Å². The highest BCUT2D eigenvalue weighted by Crippen LogP contribution is 2.29. The van der Waals surface area contributed by atoms with Crippen molar-refractivity contribution >= 4 is 16.9 Å². The Morgan fingerprint density at radius 1 is 1.05 bits per heavy atom. The van der Waals surface area contributed by atoms with Crippen LogP contribution in [0.5, 0.6) is 5.75 Å². The van der Waals surface area contributed by atoms with Gasteiger partial charge in [0.05, 0.1) is 5.52 Å². The third-order valence-corrected chi connectivity index (χ3v) is 3.18. The van der Waals surface area contributed by atoms with E-state index in [0.29, 0.717) is 23.3 Å². The number of carboxylic acids is 1. The van der Waals surface area contributed by atoms with E-state index in [1.165, 1.54) is 6.20 Å². The molecule has 0 saturated carbocycles. The zero-order valence-electron chi connectivity index (χ0n) is 11.2. The summed E-state index contributed by atoms with van der Waals surface area (Å²) in [4.78, 5) is 15.5. The molecule has 0 spiro atoms. The Kier molecular flexibility index (Phi) is 3.51. The lowest BCUT2D eigenvalue weighted by molar-refractivity contribution is 0.0691. The van der Waals surface area contributed by atoms with Crippen LogP contribution in [0, 0.1) is 0 Å². The van der Waals surface area contributed by atoms with Gasteiger partial charge >= 0.3 is 5.97 Å². The van der Waals surface area contributed by atoms with Crippen molar-refractivity contribution in [2.24, 2.45) is 0 Å². The highest BCUT2D eigenvalue weighted by molar-refractivity contribution is 5.98. The Hall–Kier alpha value is -2.88. The fourth-order valence-electron chi connectivity index (χ4n) is 2.15. The molecule has 0 radical (unpaired) electrons. The molecule has 0 saturated heterocycles. The van der Waals surface area contributed by atoms with Crippen LogP contribution in [0.25, 0.3) is 10.9 Å². The predicted octanol–water partition coefficient (Wildman–Crippen LogP) is 3.51. The van der Waals surface area contributed by atoms with Gasteiger partial charge in [0.2, 0.25) is 0 Å². The number of carboxylic acid groups (broad SMARTS) is 1. The highest BCUT2D eigenvalue weighted by atomic mass is 16.5. The van der Waals surface area contributed by atoms with Gasteiger partial charge in [-0.25, -0.2) is 4.79 Å². The van der Waals surface area contributed by atoms with Crippen LogP contribution in [0.4, 0.5) is 0 Å². The van der Waals surface area contributed by atoms with Gasteiger partial charge in [-0.2, -0.15) is 0 Å². The van der Waals surface area contributed by atoms with E-state index in [1.54, 1.807) is 0 Å². The minimum atomic E-state index is -1.05. The molecule has 21 heavy (non-hydrogen) atoms. The predicted molar refractivity (Wildman–Crippen MR) is 79.5 cm³/mol. The van der Waals surface area contributed by atoms with Crippen LogP contribution in [0.1, 0.15) is 15.9 Å². The van der Waals surface area contributed by atoms with Crippen molar-refractivity contribution in [1.29, 1.82) is 0 Å². The number of ether oxygens (including phenoxy) is 1. The summed E-state index contributed by atoms with van der Waals surface area (Å²) in [6, 6.07) is 17.0. The average molecular weight is 279 g/mol. The van der Waals surface area contributed by atoms with Crippen LogP contribution < -0.4 is 4.74 Å². The van der Waals surface area contributed by atoms with E-state index >= 15 is 0 Å². The van der Waals surface area contributed by atoms with Gasteiger partial charge in [-0.15, -0.1) is 0 Å². The number of aromatic nitrogens is 1. The number of carbonyl (C=O) groups is 1. The van der Waals surface area contributed by atoms with Gasteiger partial charge in [0.15, 0.2) is 0 Å². The number of hydrogen-bond donors (Lipinski definition) is 1. The normalized spacial score (nSPS) is 10.5. The molecular weight excluding hydrogens is 266 g/mol. The van der Waals surface area contributed by atoms with Crippen molar-refractivity contribution < 1.29 is 14.6 Å². The number of fused-ring (bicyclic) bond motifs is 1. The number of benzene rings is 2. The zero-order chi connectivity index (χ0) is 14.7. The largest absolute Gasteiger partial charge is 0.487 e. The van der Waals surface area contributed by atoms with Gasteiger partial charge in [-0.1, -0.05) is 42.5 Å². The summed E-state index contributed by atoms with van der Waals surface area (Å²) in [5.41, 5.74) is 1.77. The molecule has 0 aliphatic heterocycles. The van der Waals surface area contributed by atoms with Gasteiger partial charge < -0.3 is 9.84 Å². The molecule has 4 nitrogen and oxygen atoms in total. The summed E-state index contributed by atoms with van der Waals surface area (Å²) in [5.74, 6) is -0.687. The number of aromatic carboxylic acids is 1. The van der Waals surface area contributed by atoms with E-state index in [9.17, 15) is 9.90 Å². The molecule has 0 atom stereocenters. The first-order chi connectivity index (χ1) is 10.3. The second kappa shape index (κ2) is 5.63. The number of pyridine rings is 1. The second-order valence-corrected chi connectivity index (χ2v) is 4.60. The van der Waals surface area contributed by atoms with E-state index in [-0.39, 0.29) is 5.56 Å². The molecule has 0 aliphatic rings. The first-order valence-corrected chi connectivity index (χ1v) is 6.53. The minimum absolute atomic E-state index is 0.0737. The number of hydrogen-bond acceptors (Lipinski definition) is 3. The van der Waals surface area contributed by atoms with E-state index in [1.807, 2.05) is 54.6 Å². The maximum atomic E-state index is 11.4. The van der Waals surface area contributed by atoms with Gasteiger partial charge in [-0.05, 0) is 17.7 Å². The SMILES string of the molecule is O=C(O)c1cnc2ccccc2c1OCc1ccccc1. The van der Waals surface area contributed by atoms with Crippen LogP contribution in [-0.2, 0) is 6.61 Å². The Balaban J connectivity index is 2.02. The van der Waals surface area contributed by atoms with E-state index in [2.05, 4.69) is 4.98 Å². The van der Waals surface area contributed by atoms with Gasteiger partial charge in [0, 0.05) is 11.6 Å². The average Bonchev–Trinajstić information content (AvgIpc) is 2.53. The van der Waals surface area contributed by atoms with Crippen molar-refractivity contribution in [2.45, 2.75) is 6.61 Å². The second-order valence-electron chi connectivity index (χ2n) is 4.60. The lowest BCUT2D eigenvalue weighted by Gasteiger charge is -2.11. The van der Waals surface area contributed by atoms with Crippen LogP contribution in [0.15, 0.2) is 60.8 Å². The van der Waals surface area contributed by atoms with Gasteiger partial charge in [0.1, 0.15) is 17.9 Å². The summed E-state index contributed by atoms with van der Waals surface area (Å²) in [6.07, 6.45) is 1.34. The fraction of sp³-hybridized carbons (Fsp3) is 0.0588. The zero-order valence-corrected chi connectivity index (χ0v) is 11.2. The molecule has 0 unspecified atom stereocenters. The molecule has 2 aromatic carbocycles. The molecule has 3 aromatic rings. The summed E-state index contributed by atoms with van der Waals surface area (Å²) in [6.45, 7) is 0.315. The molecule has 1 aromatic heterocycles. The summed E-state index contributed by atoms with van der Waals surface area (Å²) >= 11 is 0. The molecule has 0 aliphatic carbocycles. The van der Waals surface area contributed by atoms with Crippen molar-refractivity contribution in [2.75, 3.05) is 0 Å². The van der Waals surface area contributed by atoms with E-state index in [0.717, 1.165) is 5.56 Å².